The molecule has 4 N–H and O–H groups in total. The number of benzene rings is 1. The molecule has 1 fully saturated rings. The second kappa shape index (κ2) is 14.5. The number of carboxylic acid groups (broad SMARTS) is 3. The number of carbonyl (C=O) groups is 3. The highest BCUT2D eigenvalue weighted by Crippen LogP contribution is 2.32. The number of aliphatic carboxylic acids is 3. The molecule has 0 amide bonds. The second-order valence-corrected chi connectivity index (χ2v) is 10.3. The van der Waals surface area contributed by atoms with E-state index < -0.39 is 48.2 Å². The Morgan fingerprint density at radius 2 is 1.73 bits per heavy atom. The number of methoxy groups -OCH3 is 1. The number of hydrogen-bond acceptors (Lipinski definition) is 9. The van der Waals surface area contributed by atoms with Crippen LogP contribution in [-0.4, -0.2) is 96.8 Å². The van der Waals surface area contributed by atoms with Crippen molar-refractivity contribution in [2.45, 2.75) is 50.4 Å². The summed E-state index contributed by atoms with van der Waals surface area (Å²) < 4.78 is 51.8. The molecule has 0 aliphatic carbocycles. The van der Waals surface area contributed by atoms with Crippen molar-refractivity contribution in [1.29, 1.82) is 0 Å². The van der Waals surface area contributed by atoms with Gasteiger partial charge in [-0.1, -0.05) is 12.1 Å². The molecule has 1 atom stereocenters. The Kier molecular flexibility index (Phi) is 11.2. The molecule has 0 bridgehead atoms. The summed E-state index contributed by atoms with van der Waals surface area (Å²) in [6, 6.07) is 10.6. The third-order valence-corrected chi connectivity index (χ3v) is 6.70. The molecule has 2 aromatic heterocycles. The van der Waals surface area contributed by atoms with Crippen molar-refractivity contribution in [1.82, 2.24) is 19.5 Å². The summed E-state index contributed by atoms with van der Waals surface area (Å²) >= 11 is 0. The van der Waals surface area contributed by atoms with Crippen LogP contribution < -0.4 is 4.74 Å². The molecule has 4 rings (SSSR count). The number of aromatic nitrogens is 3. The molecule has 13 nitrogen and oxygen atoms in total. The molecule has 1 saturated heterocycles. The van der Waals surface area contributed by atoms with Crippen molar-refractivity contribution in [2.75, 3.05) is 33.4 Å². The maximum atomic E-state index is 13.4. The van der Waals surface area contributed by atoms with E-state index in [0.29, 0.717) is 24.6 Å². The van der Waals surface area contributed by atoms with Gasteiger partial charge in [-0.2, -0.15) is 18.3 Å². The number of alkyl halides is 3. The Morgan fingerprint density at radius 1 is 1.05 bits per heavy atom. The van der Waals surface area contributed by atoms with Crippen LogP contribution in [0.4, 0.5) is 13.2 Å². The summed E-state index contributed by atoms with van der Waals surface area (Å²) in [5, 5.41) is 38.1. The number of fused-ring (bicyclic) bond motifs is 1. The van der Waals surface area contributed by atoms with Gasteiger partial charge in [0.05, 0.1) is 25.1 Å². The van der Waals surface area contributed by atoms with Gasteiger partial charge in [0, 0.05) is 37.9 Å². The maximum absolute atomic E-state index is 13.4. The first-order valence-corrected chi connectivity index (χ1v) is 13.4. The molecule has 1 aliphatic rings. The summed E-state index contributed by atoms with van der Waals surface area (Å²) in [6.07, 6.45) is -5.93. The number of hydrogen-bond donors (Lipinski definition) is 4. The first-order chi connectivity index (χ1) is 20.6. The van der Waals surface area contributed by atoms with Crippen LogP contribution in [0.3, 0.4) is 0 Å². The average molecular weight is 627 g/mol. The van der Waals surface area contributed by atoms with E-state index in [0.717, 1.165) is 47.9 Å². The van der Waals surface area contributed by atoms with Crippen LogP contribution in [0.2, 0.25) is 0 Å². The first kappa shape index (κ1) is 34.2. The summed E-state index contributed by atoms with van der Waals surface area (Å²) in [6.45, 7) is 4.92. The molecule has 240 valence electrons. The lowest BCUT2D eigenvalue weighted by Crippen LogP contribution is -2.42. The van der Waals surface area contributed by atoms with Crippen molar-refractivity contribution in [3.63, 3.8) is 0 Å². The third kappa shape index (κ3) is 9.36. The maximum Gasteiger partial charge on any atom is 0.433 e. The minimum absolute atomic E-state index is 0.0734. The first-order valence-electron chi connectivity index (χ1n) is 13.4. The highest BCUT2D eigenvalue weighted by molar-refractivity contribution is 5.88. The normalized spacial score (nSPS) is 15.5. The highest BCUT2D eigenvalue weighted by atomic mass is 19.4. The standard InChI is InChI=1S/C22H25F3N4O2.C6H8O7/c1-15-10-20(22(23,24)25)29-21(26-15)12-19(27-29)17-6-7-28(14-17)13-16-4-3-5-18(11-16)31-9-8-30-2;7-3(8)1-6(13,5(11)12)2-4(9)10/h3-5,10-12,17H,6-9,13-14H2,1-2H3;13H,1-2H2,(H,7,8)(H,9,10)(H,11,12). The van der Waals surface area contributed by atoms with E-state index in [1.54, 1.807) is 20.1 Å². The zero-order valence-corrected chi connectivity index (χ0v) is 24.0. The molecule has 3 heterocycles. The Morgan fingerprint density at radius 3 is 2.32 bits per heavy atom. The summed E-state index contributed by atoms with van der Waals surface area (Å²) in [4.78, 5) is 37.0. The molecular weight excluding hydrogens is 593 g/mol. The van der Waals surface area contributed by atoms with E-state index in [9.17, 15) is 27.6 Å². The predicted molar refractivity (Wildman–Crippen MR) is 146 cm³/mol. The van der Waals surface area contributed by atoms with Crippen LogP contribution in [0.5, 0.6) is 5.75 Å². The number of likely N-dealkylation sites (tertiary alicyclic amines) is 1. The fourth-order valence-electron chi connectivity index (χ4n) is 4.69. The van der Waals surface area contributed by atoms with Crippen molar-refractivity contribution < 1.29 is 57.5 Å². The van der Waals surface area contributed by atoms with Crippen molar-refractivity contribution >= 4 is 23.6 Å². The lowest BCUT2D eigenvalue weighted by Gasteiger charge is -2.18. The van der Waals surface area contributed by atoms with E-state index in [2.05, 4.69) is 15.0 Å². The Bertz CT molecular complexity index is 1460. The minimum Gasteiger partial charge on any atom is -0.491 e. The zero-order valence-electron chi connectivity index (χ0n) is 24.0. The van der Waals surface area contributed by atoms with E-state index in [1.165, 1.54) is 0 Å². The van der Waals surface area contributed by atoms with Crippen LogP contribution in [0, 0.1) is 6.92 Å². The van der Waals surface area contributed by atoms with Crippen molar-refractivity contribution in [2.24, 2.45) is 0 Å². The molecule has 1 aliphatic heterocycles. The van der Waals surface area contributed by atoms with Gasteiger partial charge in [-0.15, -0.1) is 0 Å². The second-order valence-electron chi connectivity index (χ2n) is 10.3. The van der Waals surface area contributed by atoms with Crippen LogP contribution >= 0.6 is 0 Å². The van der Waals surface area contributed by atoms with Gasteiger partial charge in [0.15, 0.2) is 11.2 Å². The molecule has 0 saturated carbocycles. The highest BCUT2D eigenvalue weighted by Gasteiger charge is 2.41. The lowest BCUT2D eigenvalue weighted by molar-refractivity contribution is -0.170. The number of halogens is 3. The molecule has 1 aromatic carbocycles. The van der Waals surface area contributed by atoms with Crippen LogP contribution in [0.15, 0.2) is 36.4 Å². The van der Waals surface area contributed by atoms with Crippen molar-refractivity contribution in [3.8, 4) is 5.75 Å². The average Bonchev–Trinajstić information content (AvgIpc) is 3.54. The summed E-state index contributed by atoms with van der Waals surface area (Å²) in [5.74, 6) is -4.15. The molecule has 0 radical (unpaired) electrons. The van der Waals surface area contributed by atoms with Crippen molar-refractivity contribution in [3.05, 3.63) is 59.0 Å². The Labute approximate surface area is 249 Å². The number of rotatable bonds is 12. The smallest absolute Gasteiger partial charge is 0.433 e. The fourth-order valence-corrected chi connectivity index (χ4v) is 4.69. The van der Waals surface area contributed by atoms with Gasteiger partial charge >= 0.3 is 24.1 Å². The predicted octanol–water partition coefficient (Wildman–Crippen LogP) is 2.82. The summed E-state index contributed by atoms with van der Waals surface area (Å²) in [7, 11) is 1.63. The van der Waals surface area contributed by atoms with Gasteiger partial charge in [0.25, 0.3) is 0 Å². The van der Waals surface area contributed by atoms with Gasteiger partial charge in [0.2, 0.25) is 0 Å². The largest absolute Gasteiger partial charge is 0.491 e. The fraction of sp³-hybridized carbons (Fsp3) is 0.464. The molecule has 0 spiro atoms. The third-order valence-electron chi connectivity index (χ3n) is 6.70. The van der Waals surface area contributed by atoms with E-state index >= 15 is 0 Å². The van der Waals surface area contributed by atoms with Crippen LogP contribution in [0.1, 0.15) is 47.8 Å². The van der Waals surface area contributed by atoms with E-state index in [1.807, 2.05) is 24.3 Å². The van der Waals surface area contributed by atoms with E-state index in [-0.39, 0.29) is 11.6 Å². The quantitative estimate of drug-likeness (QED) is 0.216. The van der Waals surface area contributed by atoms with Crippen LogP contribution in [-0.2, 0) is 31.8 Å². The topological polar surface area (TPSA) is 184 Å². The summed E-state index contributed by atoms with van der Waals surface area (Å²) in [5.41, 5.74) is -1.18. The number of aryl methyl sites for hydroxylation is 1. The molecule has 3 aromatic rings. The molecule has 1 unspecified atom stereocenters. The van der Waals surface area contributed by atoms with E-state index in [4.69, 9.17) is 29.9 Å². The molecule has 16 heteroatoms. The van der Waals surface area contributed by atoms with Gasteiger partial charge in [-0.05, 0) is 43.7 Å². The van der Waals surface area contributed by atoms with Gasteiger partial charge in [-0.3, -0.25) is 14.5 Å². The SMILES string of the molecule is COCCOc1cccc(CN2CCC(c3cc4nc(C)cc(C(F)(F)F)n4n3)C2)c1.O=C(O)CC(O)(CC(=O)O)C(=O)O. The number of aliphatic hydroxyl groups is 1. The van der Waals surface area contributed by atoms with Gasteiger partial charge in [0.1, 0.15) is 18.1 Å². The number of carboxylic acids is 3. The van der Waals surface area contributed by atoms with Gasteiger partial charge in [-0.25, -0.2) is 14.3 Å². The molecular formula is C28H33F3N4O9. The van der Waals surface area contributed by atoms with Gasteiger partial charge < -0.3 is 29.9 Å². The minimum atomic E-state index is -4.48. The Balaban J connectivity index is 0.000000345. The Hall–Kier alpha value is -4.28. The molecule has 44 heavy (non-hydrogen) atoms. The zero-order chi connectivity index (χ0) is 32.7. The lowest BCUT2D eigenvalue weighted by atomic mass is 9.96. The number of nitrogens with zero attached hydrogens (tertiary/aromatic N) is 4. The van der Waals surface area contributed by atoms with Crippen LogP contribution in [0.25, 0.3) is 5.65 Å². The monoisotopic (exact) mass is 626 g/mol. The number of ether oxygens (including phenoxy) is 2.